The molecule has 3 atom stereocenters. The summed E-state index contributed by atoms with van der Waals surface area (Å²) in [7, 11) is 0. The number of carbonyl (C=O) groups is 2. The van der Waals surface area contributed by atoms with Crippen molar-refractivity contribution in [3.05, 3.63) is 47.0 Å². The molecule has 156 valence electrons. The van der Waals surface area contributed by atoms with Crippen molar-refractivity contribution in [3.8, 4) is 11.8 Å². The van der Waals surface area contributed by atoms with E-state index in [0.29, 0.717) is 0 Å². The highest BCUT2D eigenvalue weighted by atomic mass is 16.7. The predicted octanol–water partition coefficient (Wildman–Crippen LogP) is 3.69. The van der Waals surface area contributed by atoms with E-state index in [2.05, 4.69) is 17.9 Å². The first-order chi connectivity index (χ1) is 13.9. The van der Waals surface area contributed by atoms with E-state index in [1.807, 2.05) is 26.0 Å². The van der Waals surface area contributed by atoms with E-state index < -0.39 is 30.6 Å². The van der Waals surface area contributed by atoms with Gasteiger partial charge in [-0.3, -0.25) is 0 Å². The fourth-order valence-electron chi connectivity index (χ4n) is 2.65. The van der Waals surface area contributed by atoms with Crippen molar-refractivity contribution in [2.45, 2.75) is 46.0 Å². The standard InChI is InChI=1S/C22H26O7/c1-5-25-21(23)27-14-20-19(29-22(24)26-6-2)12-11-18(28-20)10-9-17-8-7-15(3)13-16(17)4/h7-8,11-13,18-20H,5-6,14H2,1-4H3/t18-,19+,20-/m1/s1. The Morgan fingerprint density at radius 1 is 1.03 bits per heavy atom. The normalized spacial score (nSPS) is 20.2. The van der Waals surface area contributed by atoms with Gasteiger partial charge in [0.15, 0.2) is 6.10 Å². The summed E-state index contributed by atoms with van der Waals surface area (Å²) in [5.41, 5.74) is 3.14. The molecule has 0 amide bonds. The molecule has 1 aliphatic heterocycles. The van der Waals surface area contributed by atoms with Crippen molar-refractivity contribution >= 4 is 12.3 Å². The molecule has 7 nitrogen and oxygen atoms in total. The number of ether oxygens (including phenoxy) is 5. The van der Waals surface area contributed by atoms with Gasteiger partial charge in [-0.2, -0.15) is 0 Å². The lowest BCUT2D eigenvalue weighted by Gasteiger charge is -2.29. The second-order valence-corrected chi connectivity index (χ2v) is 6.33. The van der Waals surface area contributed by atoms with Crippen LogP contribution in [0.15, 0.2) is 30.4 Å². The molecule has 29 heavy (non-hydrogen) atoms. The van der Waals surface area contributed by atoms with Gasteiger partial charge in [0.1, 0.15) is 18.8 Å². The van der Waals surface area contributed by atoms with E-state index in [-0.39, 0.29) is 19.8 Å². The van der Waals surface area contributed by atoms with Crippen LogP contribution >= 0.6 is 0 Å². The number of hydrogen-bond acceptors (Lipinski definition) is 7. The Hall–Kier alpha value is -2.98. The van der Waals surface area contributed by atoms with E-state index in [4.69, 9.17) is 23.7 Å². The highest BCUT2D eigenvalue weighted by Crippen LogP contribution is 2.18. The lowest BCUT2D eigenvalue weighted by atomic mass is 10.1. The fourth-order valence-corrected chi connectivity index (χ4v) is 2.65. The average molecular weight is 402 g/mol. The first-order valence-electron chi connectivity index (χ1n) is 9.48. The molecule has 0 saturated heterocycles. The smallest absolute Gasteiger partial charge is 0.435 e. The van der Waals surface area contributed by atoms with Crippen LogP contribution in [0.5, 0.6) is 0 Å². The van der Waals surface area contributed by atoms with Crippen LogP contribution in [-0.2, 0) is 23.7 Å². The molecule has 0 N–H and O–H groups in total. The molecule has 0 unspecified atom stereocenters. The van der Waals surface area contributed by atoms with Crippen molar-refractivity contribution in [3.63, 3.8) is 0 Å². The molecule has 1 heterocycles. The minimum atomic E-state index is -0.827. The van der Waals surface area contributed by atoms with Crippen LogP contribution in [0.25, 0.3) is 0 Å². The molecule has 0 radical (unpaired) electrons. The van der Waals surface area contributed by atoms with Crippen LogP contribution in [0.4, 0.5) is 9.59 Å². The maximum Gasteiger partial charge on any atom is 0.508 e. The highest BCUT2D eigenvalue weighted by Gasteiger charge is 2.31. The molecule has 0 saturated carbocycles. The lowest BCUT2D eigenvalue weighted by molar-refractivity contribution is -0.0865. The summed E-state index contributed by atoms with van der Waals surface area (Å²) in [4.78, 5) is 23.2. The van der Waals surface area contributed by atoms with E-state index >= 15 is 0 Å². The second-order valence-electron chi connectivity index (χ2n) is 6.33. The van der Waals surface area contributed by atoms with Gasteiger partial charge in [-0.05, 0) is 51.5 Å². The minimum Gasteiger partial charge on any atom is -0.435 e. The quantitative estimate of drug-likeness (QED) is 0.422. The summed E-state index contributed by atoms with van der Waals surface area (Å²) in [6, 6.07) is 6.01. The maximum atomic E-state index is 11.7. The Morgan fingerprint density at radius 2 is 1.76 bits per heavy atom. The zero-order valence-corrected chi connectivity index (χ0v) is 17.1. The molecule has 0 fully saturated rings. The molecule has 1 aromatic rings. The van der Waals surface area contributed by atoms with E-state index in [9.17, 15) is 9.59 Å². The van der Waals surface area contributed by atoms with Crippen LogP contribution in [0.3, 0.4) is 0 Å². The first kappa shape index (κ1) is 22.3. The maximum absolute atomic E-state index is 11.7. The van der Waals surface area contributed by atoms with Gasteiger partial charge in [0.25, 0.3) is 0 Å². The van der Waals surface area contributed by atoms with E-state index in [1.54, 1.807) is 26.0 Å². The van der Waals surface area contributed by atoms with Crippen LogP contribution in [0.2, 0.25) is 0 Å². The second kappa shape index (κ2) is 11.1. The minimum absolute atomic E-state index is 0.158. The van der Waals surface area contributed by atoms with E-state index in [1.165, 1.54) is 0 Å². The Bertz CT molecular complexity index is 803. The van der Waals surface area contributed by atoms with Crippen molar-refractivity contribution in [1.29, 1.82) is 0 Å². The van der Waals surface area contributed by atoms with Gasteiger partial charge in [-0.15, -0.1) is 0 Å². The largest absolute Gasteiger partial charge is 0.508 e. The molecule has 7 heteroatoms. The molecule has 1 aliphatic rings. The topological polar surface area (TPSA) is 80.3 Å². The third-order valence-electron chi connectivity index (χ3n) is 4.02. The Kier molecular flexibility index (Phi) is 8.56. The lowest BCUT2D eigenvalue weighted by Crippen LogP contribution is -2.41. The molecule has 0 aromatic heterocycles. The molecule has 2 rings (SSSR count). The number of hydrogen-bond donors (Lipinski definition) is 0. The summed E-state index contributed by atoms with van der Waals surface area (Å²) < 4.78 is 25.7. The monoisotopic (exact) mass is 402 g/mol. The van der Waals surface area contributed by atoms with Crippen LogP contribution in [0.1, 0.15) is 30.5 Å². The van der Waals surface area contributed by atoms with Gasteiger partial charge in [0.05, 0.1) is 13.2 Å². The van der Waals surface area contributed by atoms with Crippen molar-refractivity contribution < 1.29 is 33.3 Å². The number of rotatable bonds is 5. The van der Waals surface area contributed by atoms with Gasteiger partial charge in [0.2, 0.25) is 0 Å². The zero-order valence-electron chi connectivity index (χ0n) is 17.1. The molecule has 0 spiro atoms. The molecular weight excluding hydrogens is 376 g/mol. The van der Waals surface area contributed by atoms with Gasteiger partial charge in [-0.1, -0.05) is 29.5 Å². The third kappa shape index (κ3) is 7.16. The summed E-state index contributed by atoms with van der Waals surface area (Å²) in [6.07, 6.45) is -0.365. The van der Waals surface area contributed by atoms with Crippen LogP contribution in [-0.4, -0.2) is 50.4 Å². The Labute approximate surface area is 170 Å². The summed E-state index contributed by atoms with van der Waals surface area (Å²) in [5.74, 6) is 6.14. The van der Waals surface area contributed by atoms with Gasteiger partial charge in [0, 0.05) is 5.56 Å². The van der Waals surface area contributed by atoms with Crippen LogP contribution < -0.4 is 0 Å². The SMILES string of the molecule is CCOC(=O)OC[C@H]1O[C@H](C#Cc2ccc(C)cc2C)C=C[C@@H]1OC(=O)OCC. The summed E-state index contributed by atoms with van der Waals surface area (Å²) in [6.45, 7) is 7.58. The van der Waals surface area contributed by atoms with Crippen molar-refractivity contribution in [1.82, 2.24) is 0 Å². The Morgan fingerprint density at radius 3 is 2.45 bits per heavy atom. The molecule has 0 bridgehead atoms. The summed E-state index contributed by atoms with van der Waals surface area (Å²) >= 11 is 0. The van der Waals surface area contributed by atoms with Crippen molar-refractivity contribution in [2.24, 2.45) is 0 Å². The fraction of sp³-hybridized carbons (Fsp3) is 0.455. The van der Waals surface area contributed by atoms with E-state index in [0.717, 1.165) is 16.7 Å². The first-order valence-corrected chi connectivity index (χ1v) is 9.48. The third-order valence-corrected chi connectivity index (χ3v) is 4.02. The Balaban J connectivity index is 2.10. The predicted molar refractivity (Wildman–Crippen MR) is 105 cm³/mol. The summed E-state index contributed by atoms with van der Waals surface area (Å²) in [5, 5.41) is 0. The highest BCUT2D eigenvalue weighted by molar-refractivity contribution is 5.61. The number of carbonyl (C=O) groups excluding carboxylic acids is 2. The molecule has 0 aliphatic carbocycles. The average Bonchev–Trinajstić information content (AvgIpc) is 2.67. The number of benzene rings is 1. The zero-order chi connectivity index (χ0) is 21.2. The van der Waals surface area contributed by atoms with Gasteiger partial charge >= 0.3 is 12.3 Å². The van der Waals surface area contributed by atoms with Gasteiger partial charge in [-0.25, -0.2) is 9.59 Å². The van der Waals surface area contributed by atoms with Crippen molar-refractivity contribution in [2.75, 3.05) is 19.8 Å². The molecular formula is C22H26O7. The molecule has 1 aromatic carbocycles. The van der Waals surface area contributed by atoms with Gasteiger partial charge < -0.3 is 23.7 Å². The number of aryl methyl sites for hydroxylation is 2. The van der Waals surface area contributed by atoms with Crippen LogP contribution in [0, 0.1) is 25.7 Å².